The molecule has 1 amide bonds. The molecule has 1 fully saturated rings. The number of hydrogen-bond donors (Lipinski definition) is 2. The van der Waals surface area contributed by atoms with Crippen LogP contribution in [0.15, 0.2) is 40.9 Å². The molecule has 0 radical (unpaired) electrons. The third-order valence-electron chi connectivity index (χ3n) is 5.66. The first-order valence-electron chi connectivity index (χ1n) is 10.0. The number of nitrogens with one attached hydrogen (secondary N) is 2. The number of imidazole rings is 1. The highest BCUT2D eigenvalue weighted by molar-refractivity contribution is 9.10. The highest BCUT2D eigenvalue weighted by Gasteiger charge is 2.27. The highest BCUT2D eigenvalue weighted by Crippen LogP contribution is 2.34. The summed E-state index contributed by atoms with van der Waals surface area (Å²) in [4.78, 5) is 21.0. The average molecular weight is 493 g/mol. The summed E-state index contributed by atoms with van der Waals surface area (Å²) in [6.45, 7) is 1.05. The summed E-state index contributed by atoms with van der Waals surface area (Å²) in [5.74, 6) is 2.60. The number of nitrogens with zero attached hydrogens (tertiary/aromatic N) is 1. The minimum absolute atomic E-state index is 0. The smallest absolute Gasteiger partial charge is 0.251 e. The lowest BCUT2D eigenvalue weighted by atomic mass is 9.85. The van der Waals surface area contributed by atoms with Crippen LogP contribution in [0.4, 0.5) is 0 Å². The molecule has 6 nitrogen and oxygen atoms in total. The van der Waals surface area contributed by atoms with Crippen LogP contribution < -0.4 is 14.8 Å². The number of rotatable bonds is 3. The normalized spacial score (nSPS) is 20.4. The number of hydrogen-bond acceptors (Lipinski definition) is 4. The summed E-state index contributed by atoms with van der Waals surface area (Å²) < 4.78 is 12.2. The van der Waals surface area contributed by atoms with E-state index < -0.39 is 0 Å². The van der Waals surface area contributed by atoms with Crippen LogP contribution in [0, 0.1) is 0 Å². The maximum Gasteiger partial charge on any atom is 0.251 e. The molecular weight excluding hydrogens is 470 g/mol. The van der Waals surface area contributed by atoms with Gasteiger partial charge in [0.25, 0.3) is 5.91 Å². The fourth-order valence-electron chi connectivity index (χ4n) is 4.21. The standard InChI is InChI=1S/C22H22BrN3O3.ClH/c23-15-5-6-17-18(12-15)26-21(25-17)13-2-1-3-16(10-13)24-22(27)14-4-7-19-20(11-14)29-9-8-28-19;/h4-7,11-13,16H,1-3,8-10H2,(H,24,27)(H,25,26);1H/t13-,16+;/m0./s1. The Kier molecular flexibility index (Phi) is 6.20. The Morgan fingerprint density at radius 1 is 1.10 bits per heavy atom. The second-order valence-corrected chi connectivity index (χ2v) is 8.59. The number of carbonyl (C=O) groups excluding carboxylic acids is 1. The van der Waals surface area contributed by atoms with Gasteiger partial charge in [-0.2, -0.15) is 0 Å². The van der Waals surface area contributed by atoms with E-state index in [9.17, 15) is 4.79 Å². The molecule has 0 unspecified atom stereocenters. The van der Waals surface area contributed by atoms with E-state index >= 15 is 0 Å². The number of benzene rings is 2. The van der Waals surface area contributed by atoms with Crippen LogP contribution in [0.1, 0.15) is 47.8 Å². The molecule has 0 spiro atoms. The Morgan fingerprint density at radius 2 is 1.93 bits per heavy atom. The first-order chi connectivity index (χ1) is 14.2. The lowest BCUT2D eigenvalue weighted by Gasteiger charge is -2.29. The fraction of sp³-hybridized carbons (Fsp3) is 0.364. The van der Waals surface area contributed by atoms with Gasteiger partial charge in [-0.15, -0.1) is 12.4 Å². The van der Waals surface area contributed by atoms with E-state index in [4.69, 9.17) is 14.5 Å². The number of aromatic nitrogens is 2. The molecule has 2 aliphatic rings. The summed E-state index contributed by atoms with van der Waals surface area (Å²) in [6.07, 6.45) is 4.02. The number of amides is 1. The second kappa shape index (κ2) is 8.86. The van der Waals surface area contributed by atoms with Crippen molar-refractivity contribution in [2.75, 3.05) is 13.2 Å². The molecule has 0 bridgehead atoms. The summed E-state index contributed by atoms with van der Waals surface area (Å²) in [6, 6.07) is 11.6. The van der Waals surface area contributed by atoms with E-state index in [0.717, 1.165) is 47.0 Å². The van der Waals surface area contributed by atoms with Crippen LogP contribution in [0.3, 0.4) is 0 Å². The first kappa shape index (κ1) is 21.0. The van der Waals surface area contributed by atoms with Crippen molar-refractivity contribution in [3.63, 3.8) is 0 Å². The molecule has 8 heteroatoms. The van der Waals surface area contributed by atoms with Crippen LogP contribution in [0.2, 0.25) is 0 Å². The van der Waals surface area contributed by atoms with Gasteiger partial charge < -0.3 is 19.8 Å². The zero-order chi connectivity index (χ0) is 19.8. The van der Waals surface area contributed by atoms with Gasteiger partial charge in [0.1, 0.15) is 19.0 Å². The van der Waals surface area contributed by atoms with Gasteiger partial charge in [-0.3, -0.25) is 4.79 Å². The van der Waals surface area contributed by atoms with Crippen LogP contribution in [-0.2, 0) is 0 Å². The number of ether oxygens (including phenoxy) is 2. The third kappa shape index (κ3) is 4.27. The average Bonchev–Trinajstić information content (AvgIpc) is 3.17. The quantitative estimate of drug-likeness (QED) is 0.541. The van der Waals surface area contributed by atoms with Crippen molar-refractivity contribution >= 4 is 45.3 Å². The van der Waals surface area contributed by atoms with Gasteiger partial charge in [0.2, 0.25) is 0 Å². The number of carbonyl (C=O) groups is 1. The topological polar surface area (TPSA) is 76.2 Å². The van der Waals surface area contributed by atoms with Crippen molar-refractivity contribution in [1.29, 1.82) is 0 Å². The fourth-order valence-corrected chi connectivity index (χ4v) is 4.56. The summed E-state index contributed by atoms with van der Waals surface area (Å²) >= 11 is 3.50. The summed E-state index contributed by atoms with van der Waals surface area (Å²) in [5, 5.41) is 3.20. The largest absolute Gasteiger partial charge is 0.486 e. The van der Waals surface area contributed by atoms with Crippen molar-refractivity contribution in [1.82, 2.24) is 15.3 Å². The molecule has 1 aromatic heterocycles. The van der Waals surface area contributed by atoms with Gasteiger partial charge in [0, 0.05) is 22.0 Å². The molecule has 158 valence electrons. The molecule has 30 heavy (non-hydrogen) atoms. The van der Waals surface area contributed by atoms with E-state index in [1.54, 1.807) is 18.2 Å². The van der Waals surface area contributed by atoms with Gasteiger partial charge >= 0.3 is 0 Å². The number of aromatic amines is 1. The van der Waals surface area contributed by atoms with Gasteiger partial charge in [-0.25, -0.2) is 4.98 Å². The van der Waals surface area contributed by atoms with E-state index in [2.05, 4.69) is 26.2 Å². The van der Waals surface area contributed by atoms with Gasteiger partial charge in [-0.1, -0.05) is 22.4 Å². The minimum Gasteiger partial charge on any atom is -0.486 e. The number of H-pyrrole nitrogens is 1. The monoisotopic (exact) mass is 491 g/mol. The summed E-state index contributed by atoms with van der Waals surface area (Å²) in [5.41, 5.74) is 2.62. The molecule has 1 saturated carbocycles. The lowest BCUT2D eigenvalue weighted by Crippen LogP contribution is -2.38. The van der Waals surface area contributed by atoms with E-state index in [-0.39, 0.29) is 24.4 Å². The Labute approximate surface area is 189 Å². The number of fused-ring (bicyclic) bond motifs is 2. The minimum atomic E-state index is -0.0684. The maximum atomic E-state index is 12.8. The maximum absolute atomic E-state index is 12.8. The predicted octanol–water partition coefficient (Wildman–Crippen LogP) is 4.97. The van der Waals surface area contributed by atoms with Crippen molar-refractivity contribution in [3.05, 3.63) is 52.3 Å². The van der Waals surface area contributed by atoms with Crippen LogP contribution in [0.5, 0.6) is 11.5 Å². The molecule has 2 aromatic carbocycles. The SMILES string of the molecule is Cl.O=C(N[C@@H]1CCC[C@H](c2nc3cc(Br)ccc3[nH]2)C1)c1ccc2c(c1)OCCO2. The van der Waals surface area contributed by atoms with Crippen molar-refractivity contribution in [3.8, 4) is 11.5 Å². The molecule has 2 atom stereocenters. The van der Waals surface area contributed by atoms with E-state index in [0.29, 0.717) is 36.2 Å². The zero-order valence-corrected chi connectivity index (χ0v) is 18.7. The zero-order valence-electron chi connectivity index (χ0n) is 16.3. The second-order valence-electron chi connectivity index (χ2n) is 7.68. The Balaban J connectivity index is 0.00000218. The first-order valence-corrected chi connectivity index (χ1v) is 10.8. The summed E-state index contributed by atoms with van der Waals surface area (Å²) in [7, 11) is 0. The molecule has 2 N–H and O–H groups in total. The Morgan fingerprint density at radius 3 is 2.80 bits per heavy atom. The van der Waals surface area contributed by atoms with Crippen molar-refractivity contribution < 1.29 is 14.3 Å². The van der Waals surface area contributed by atoms with Crippen LogP contribution >= 0.6 is 28.3 Å². The lowest BCUT2D eigenvalue weighted by molar-refractivity contribution is 0.0923. The molecule has 0 saturated heterocycles. The van der Waals surface area contributed by atoms with Gasteiger partial charge in [0.05, 0.1) is 11.0 Å². The van der Waals surface area contributed by atoms with Crippen molar-refractivity contribution in [2.24, 2.45) is 0 Å². The molecule has 5 rings (SSSR count). The number of halogens is 2. The van der Waals surface area contributed by atoms with Crippen molar-refractivity contribution in [2.45, 2.75) is 37.6 Å². The third-order valence-corrected chi connectivity index (χ3v) is 6.16. The van der Waals surface area contributed by atoms with Gasteiger partial charge in [0.15, 0.2) is 11.5 Å². The molecule has 3 aromatic rings. The predicted molar refractivity (Wildman–Crippen MR) is 121 cm³/mol. The van der Waals surface area contributed by atoms with Crippen LogP contribution in [0.25, 0.3) is 11.0 Å². The van der Waals surface area contributed by atoms with Crippen LogP contribution in [-0.4, -0.2) is 35.1 Å². The van der Waals surface area contributed by atoms with E-state index in [1.165, 1.54) is 0 Å². The Bertz CT molecular complexity index is 1070. The van der Waals surface area contributed by atoms with Gasteiger partial charge in [-0.05, 0) is 55.7 Å². The Hall–Kier alpha value is -2.25. The molecule has 1 aliphatic carbocycles. The highest BCUT2D eigenvalue weighted by atomic mass is 79.9. The molecule has 2 heterocycles. The van der Waals surface area contributed by atoms with E-state index in [1.807, 2.05) is 18.2 Å². The molecule has 1 aliphatic heterocycles. The molecular formula is C22H23BrClN3O3.